The molecule has 0 amide bonds. The second kappa shape index (κ2) is 8.14. The zero-order valence-electron chi connectivity index (χ0n) is 14.5. The van der Waals surface area contributed by atoms with Gasteiger partial charge in [-0.3, -0.25) is 0 Å². The van der Waals surface area contributed by atoms with E-state index in [1.165, 1.54) is 0 Å². The van der Waals surface area contributed by atoms with E-state index < -0.39 is 11.0 Å². The van der Waals surface area contributed by atoms with Gasteiger partial charge in [0.05, 0.1) is 22.8 Å². The minimum atomic E-state index is -1.22. The van der Waals surface area contributed by atoms with Gasteiger partial charge in [-0.1, -0.05) is 42.2 Å². The molecule has 0 bridgehead atoms. The molecule has 4 heteroatoms. The molecule has 0 fully saturated rings. The molecule has 2 unspecified atom stereocenters. The number of benzene rings is 2. The fourth-order valence-corrected chi connectivity index (χ4v) is 2.70. The van der Waals surface area contributed by atoms with Gasteiger partial charge in [0, 0.05) is 5.56 Å². The second-order valence-electron chi connectivity index (χ2n) is 6.34. The molecule has 0 saturated heterocycles. The average Bonchev–Trinajstić information content (AvgIpc) is 2.58. The Balaban J connectivity index is 2.30. The fourth-order valence-electron chi connectivity index (χ4n) is 1.94. The minimum Gasteiger partial charge on any atom is -0.497 e. The van der Waals surface area contributed by atoms with E-state index in [9.17, 15) is 4.21 Å². The molecule has 2 rings (SSSR count). The molecule has 0 saturated carbocycles. The summed E-state index contributed by atoms with van der Waals surface area (Å²) in [5, 5.41) is 0. The van der Waals surface area contributed by atoms with E-state index in [4.69, 9.17) is 4.74 Å². The van der Waals surface area contributed by atoms with Crippen LogP contribution in [0.3, 0.4) is 0 Å². The lowest BCUT2D eigenvalue weighted by Gasteiger charge is -2.21. The van der Waals surface area contributed by atoms with Gasteiger partial charge in [-0.2, -0.15) is 0 Å². The van der Waals surface area contributed by atoms with Crippen LogP contribution in [0.4, 0.5) is 0 Å². The fraction of sp³-hybridized carbons (Fsp3) is 0.300. The lowest BCUT2D eigenvalue weighted by Crippen LogP contribution is -2.35. The van der Waals surface area contributed by atoms with Gasteiger partial charge < -0.3 is 4.74 Å². The van der Waals surface area contributed by atoms with Crippen molar-refractivity contribution in [3.8, 4) is 17.6 Å². The van der Waals surface area contributed by atoms with E-state index in [0.717, 1.165) is 16.9 Å². The van der Waals surface area contributed by atoms with E-state index in [-0.39, 0.29) is 10.8 Å². The van der Waals surface area contributed by atoms with Crippen LogP contribution in [0, 0.1) is 11.8 Å². The second-order valence-corrected chi connectivity index (χ2v) is 8.34. The number of rotatable bonds is 4. The van der Waals surface area contributed by atoms with Gasteiger partial charge in [0.25, 0.3) is 0 Å². The van der Waals surface area contributed by atoms with E-state index in [1.54, 1.807) is 7.11 Å². The topological polar surface area (TPSA) is 38.3 Å². The molecule has 0 radical (unpaired) electrons. The van der Waals surface area contributed by atoms with E-state index in [0.29, 0.717) is 0 Å². The first-order valence-corrected chi connectivity index (χ1v) is 8.94. The van der Waals surface area contributed by atoms with E-state index in [2.05, 4.69) is 16.6 Å². The first-order chi connectivity index (χ1) is 11.4. The van der Waals surface area contributed by atoms with Crippen molar-refractivity contribution in [2.24, 2.45) is 0 Å². The first-order valence-electron chi connectivity index (χ1n) is 7.79. The van der Waals surface area contributed by atoms with Crippen molar-refractivity contribution in [2.45, 2.75) is 31.6 Å². The molecule has 0 aliphatic rings. The molecule has 2 aromatic rings. The summed E-state index contributed by atoms with van der Waals surface area (Å²) >= 11 is 0. The Hall–Kier alpha value is -2.09. The van der Waals surface area contributed by atoms with Gasteiger partial charge in [0.15, 0.2) is 0 Å². The highest BCUT2D eigenvalue weighted by molar-refractivity contribution is 7.84. The van der Waals surface area contributed by atoms with Crippen LogP contribution in [0.5, 0.6) is 5.75 Å². The minimum absolute atomic E-state index is 0.323. The third-order valence-electron chi connectivity index (χ3n) is 3.36. The number of nitrogens with one attached hydrogen (secondary N) is 1. The lowest BCUT2D eigenvalue weighted by atomic mass is 10.1. The van der Waals surface area contributed by atoms with Gasteiger partial charge >= 0.3 is 0 Å². The molecule has 24 heavy (non-hydrogen) atoms. The molecule has 1 N–H and O–H groups in total. The summed E-state index contributed by atoms with van der Waals surface area (Å²) in [5.41, 5.74) is 1.89. The summed E-state index contributed by atoms with van der Waals surface area (Å²) in [6.07, 6.45) is 0. The number of hydrogen-bond acceptors (Lipinski definition) is 2. The lowest BCUT2D eigenvalue weighted by molar-refractivity contribution is 0.414. The third-order valence-corrected chi connectivity index (χ3v) is 4.93. The van der Waals surface area contributed by atoms with Crippen molar-refractivity contribution in [3.63, 3.8) is 0 Å². The third kappa shape index (κ3) is 5.23. The smallest absolute Gasteiger partial charge is 0.118 e. The highest BCUT2D eigenvalue weighted by atomic mass is 32.2. The highest BCUT2D eigenvalue weighted by Gasteiger charge is 2.22. The molecular formula is C20H23NO2S. The summed E-state index contributed by atoms with van der Waals surface area (Å²) in [4.78, 5) is 0. The standard InChI is InChI=1S/C20H23NO2S/c1-20(2,3)24(22)21-19(15-10-16-8-6-5-7-9-16)17-11-13-18(23-4)14-12-17/h5-9,11-14,19,21H,1-4H3. The van der Waals surface area contributed by atoms with Crippen LogP contribution >= 0.6 is 0 Å². The summed E-state index contributed by atoms with van der Waals surface area (Å²) in [7, 11) is 0.417. The summed E-state index contributed by atoms with van der Waals surface area (Å²) in [6.45, 7) is 5.81. The SMILES string of the molecule is COc1ccc(C(C#Cc2ccccc2)NS(=O)C(C)(C)C)cc1. The van der Waals surface area contributed by atoms with Crippen molar-refractivity contribution in [1.29, 1.82) is 0 Å². The summed E-state index contributed by atoms with van der Waals surface area (Å²) < 4.78 is 20.5. The van der Waals surface area contributed by atoms with Crippen LogP contribution in [0.25, 0.3) is 0 Å². The molecule has 0 aliphatic heterocycles. The predicted molar refractivity (Wildman–Crippen MR) is 100 cm³/mol. The number of hydrogen-bond donors (Lipinski definition) is 1. The Kier molecular flexibility index (Phi) is 6.19. The van der Waals surface area contributed by atoms with Crippen LogP contribution in [0.15, 0.2) is 54.6 Å². The molecule has 2 atom stereocenters. The maximum absolute atomic E-state index is 12.5. The number of methoxy groups -OCH3 is 1. The monoisotopic (exact) mass is 341 g/mol. The van der Waals surface area contributed by atoms with Crippen molar-refractivity contribution < 1.29 is 8.95 Å². The van der Waals surface area contributed by atoms with Gasteiger partial charge in [0.1, 0.15) is 11.8 Å². The van der Waals surface area contributed by atoms with Crippen LogP contribution in [-0.2, 0) is 11.0 Å². The summed E-state index contributed by atoms with van der Waals surface area (Å²) in [6, 6.07) is 17.1. The molecule has 0 heterocycles. The van der Waals surface area contributed by atoms with Crippen LogP contribution in [0.2, 0.25) is 0 Å². The Morgan fingerprint density at radius 2 is 1.67 bits per heavy atom. The first kappa shape index (κ1) is 18.3. The van der Waals surface area contributed by atoms with E-state index in [1.807, 2.05) is 75.4 Å². The number of ether oxygens (including phenoxy) is 1. The quantitative estimate of drug-likeness (QED) is 0.858. The maximum atomic E-state index is 12.5. The zero-order chi connectivity index (χ0) is 17.6. The average molecular weight is 341 g/mol. The molecule has 0 aromatic heterocycles. The van der Waals surface area contributed by atoms with Crippen LogP contribution < -0.4 is 9.46 Å². The van der Waals surface area contributed by atoms with Gasteiger partial charge in [-0.25, -0.2) is 8.93 Å². The van der Waals surface area contributed by atoms with Gasteiger partial charge in [-0.15, -0.1) is 0 Å². The normalized spacial score (nSPS) is 13.5. The Morgan fingerprint density at radius 3 is 2.21 bits per heavy atom. The molecule has 2 aromatic carbocycles. The van der Waals surface area contributed by atoms with Crippen molar-refractivity contribution in [3.05, 3.63) is 65.7 Å². The van der Waals surface area contributed by atoms with Gasteiger partial charge in [-0.05, 0) is 50.6 Å². The highest BCUT2D eigenvalue weighted by Crippen LogP contribution is 2.20. The van der Waals surface area contributed by atoms with Gasteiger partial charge in [0.2, 0.25) is 0 Å². The molecular weight excluding hydrogens is 318 g/mol. The summed E-state index contributed by atoms with van der Waals surface area (Å²) in [5.74, 6) is 7.13. The molecule has 0 aliphatic carbocycles. The Bertz CT molecular complexity index is 737. The Morgan fingerprint density at radius 1 is 1.04 bits per heavy atom. The zero-order valence-corrected chi connectivity index (χ0v) is 15.3. The van der Waals surface area contributed by atoms with Crippen LogP contribution in [0.1, 0.15) is 37.9 Å². The van der Waals surface area contributed by atoms with Crippen molar-refractivity contribution in [1.82, 2.24) is 4.72 Å². The molecule has 0 spiro atoms. The molecule has 126 valence electrons. The Labute approximate surface area is 147 Å². The predicted octanol–water partition coefficient (Wildman–Crippen LogP) is 3.84. The van der Waals surface area contributed by atoms with Crippen molar-refractivity contribution >= 4 is 11.0 Å². The maximum Gasteiger partial charge on any atom is 0.118 e. The largest absolute Gasteiger partial charge is 0.497 e. The van der Waals surface area contributed by atoms with Crippen LogP contribution in [-0.4, -0.2) is 16.1 Å². The van der Waals surface area contributed by atoms with Crippen molar-refractivity contribution in [2.75, 3.05) is 7.11 Å². The van der Waals surface area contributed by atoms with E-state index >= 15 is 0 Å². The molecule has 3 nitrogen and oxygen atoms in total.